The molecule has 1 heterocycles. The standard InChI is InChI=1S/C22H21F3N2OS/c1-27(2)20(16-11-12-29-14-16)13-26-21(28)19-6-4-3-5-18(19)15-7-9-17(10-8-15)22(23,24)25/h3-12,14,20H,13H2,1-2H3,(H,26,28)/t20-/m0/s1. The van der Waals surface area contributed by atoms with E-state index in [0.29, 0.717) is 23.2 Å². The molecule has 0 unspecified atom stereocenters. The Morgan fingerprint density at radius 3 is 2.34 bits per heavy atom. The molecule has 2 aromatic carbocycles. The van der Waals surface area contributed by atoms with Crippen LogP contribution in [0.2, 0.25) is 0 Å². The molecule has 0 bridgehead atoms. The maximum absolute atomic E-state index is 12.9. The van der Waals surface area contributed by atoms with E-state index >= 15 is 0 Å². The molecule has 7 heteroatoms. The molecule has 29 heavy (non-hydrogen) atoms. The topological polar surface area (TPSA) is 32.3 Å². The summed E-state index contributed by atoms with van der Waals surface area (Å²) in [6.07, 6.45) is -4.39. The Hall–Kier alpha value is -2.64. The zero-order chi connectivity index (χ0) is 21.0. The van der Waals surface area contributed by atoms with E-state index in [1.165, 1.54) is 12.1 Å². The van der Waals surface area contributed by atoms with Crippen LogP contribution >= 0.6 is 11.3 Å². The summed E-state index contributed by atoms with van der Waals surface area (Å²) in [6.45, 7) is 0.421. The summed E-state index contributed by atoms with van der Waals surface area (Å²) in [4.78, 5) is 14.9. The minimum Gasteiger partial charge on any atom is -0.350 e. The number of likely N-dealkylation sites (N-methyl/N-ethyl adjacent to an activating group) is 1. The lowest BCUT2D eigenvalue weighted by molar-refractivity contribution is -0.137. The molecule has 3 nitrogen and oxygen atoms in total. The van der Waals surface area contributed by atoms with Crippen molar-refractivity contribution in [2.24, 2.45) is 0 Å². The van der Waals surface area contributed by atoms with Crippen LogP contribution in [0.15, 0.2) is 65.4 Å². The Bertz CT molecular complexity index is 951. The Balaban J connectivity index is 1.80. The van der Waals surface area contributed by atoms with Gasteiger partial charge in [0.2, 0.25) is 0 Å². The average molecular weight is 418 g/mol. The number of carbonyl (C=O) groups is 1. The Kier molecular flexibility index (Phi) is 6.39. The van der Waals surface area contributed by atoms with Gasteiger partial charge in [0.15, 0.2) is 0 Å². The lowest BCUT2D eigenvalue weighted by Gasteiger charge is -2.24. The summed E-state index contributed by atoms with van der Waals surface area (Å²) in [5.41, 5.74) is 1.99. The Morgan fingerprint density at radius 1 is 1.07 bits per heavy atom. The highest BCUT2D eigenvalue weighted by atomic mass is 32.1. The predicted molar refractivity (Wildman–Crippen MR) is 110 cm³/mol. The summed E-state index contributed by atoms with van der Waals surface area (Å²) < 4.78 is 38.5. The van der Waals surface area contributed by atoms with Crippen molar-refractivity contribution in [1.82, 2.24) is 10.2 Å². The first-order chi connectivity index (χ1) is 13.8. The molecule has 0 aliphatic heterocycles. The first-order valence-corrected chi connectivity index (χ1v) is 9.95. The minimum absolute atomic E-state index is 0.0310. The number of benzene rings is 2. The van der Waals surface area contributed by atoms with E-state index in [4.69, 9.17) is 0 Å². The first-order valence-electron chi connectivity index (χ1n) is 9.00. The van der Waals surface area contributed by atoms with Gasteiger partial charge in [-0.15, -0.1) is 0 Å². The van der Waals surface area contributed by atoms with Crippen molar-refractivity contribution in [1.29, 1.82) is 0 Å². The van der Waals surface area contributed by atoms with Crippen molar-refractivity contribution in [3.63, 3.8) is 0 Å². The maximum atomic E-state index is 12.9. The van der Waals surface area contributed by atoms with Crippen LogP contribution in [0.5, 0.6) is 0 Å². The third kappa shape index (κ3) is 5.05. The van der Waals surface area contributed by atoms with Crippen LogP contribution in [0.1, 0.15) is 27.5 Å². The van der Waals surface area contributed by atoms with Crippen molar-refractivity contribution in [3.05, 3.63) is 82.0 Å². The molecular formula is C22H21F3N2OS. The molecule has 0 saturated heterocycles. The van der Waals surface area contributed by atoms with Gasteiger partial charge >= 0.3 is 6.18 Å². The molecule has 0 fully saturated rings. The lowest BCUT2D eigenvalue weighted by atomic mass is 9.98. The van der Waals surface area contributed by atoms with Gasteiger partial charge in [0, 0.05) is 12.1 Å². The second kappa shape index (κ2) is 8.80. The van der Waals surface area contributed by atoms with Crippen LogP contribution in [0.4, 0.5) is 13.2 Å². The SMILES string of the molecule is CN(C)[C@@H](CNC(=O)c1ccccc1-c1ccc(C(F)(F)F)cc1)c1ccsc1. The van der Waals surface area contributed by atoms with Crippen molar-refractivity contribution in [2.75, 3.05) is 20.6 Å². The monoisotopic (exact) mass is 418 g/mol. The summed E-state index contributed by atoms with van der Waals surface area (Å²) in [5.74, 6) is -0.262. The van der Waals surface area contributed by atoms with Gasteiger partial charge in [-0.25, -0.2) is 0 Å². The van der Waals surface area contributed by atoms with Crippen LogP contribution in [-0.4, -0.2) is 31.4 Å². The first kappa shape index (κ1) is 21.1. The quantitative estimate of drug-likeness (QED) is 0.576. The molecule has 152 valence electrons. The molecular weight excluding hydrogens is 397 g/mol. The lowest BCUT2D eigenvalue weighted by Crippen LogP contribution is -2.34. The number of halogens is 3. The van der Waals surface area contributed by atoms with Gasteiger partial charge in [0.25, 0.3) is 5.91 Å². The Morgan fingerprint density at radius 2 is 1.76 bits per heavy atom. The molecule has 1 amide bonds. The van der Waals surface area contributed by atoms with E-state index in [1.54, 1.807) is 35.6 Å². The molecule has 0 spiro atoms. The Labute approximate surface area is 171 Å². The van der Waals surface area contributed by atoms with Gasteiger partial charge in [0.05, 0.1) is 11.6 Å². The van der Waals surface area contributed by atoms with Crippen LogP contribution in [-0.2, 0) is 6.18 Å². The average Bonchev–Trinajstić information content (AvgIpc) is 3.21. The van der Waals surface area contributed by atoms with Crippen LogP contribution in [0.25, 0.3) is 11.1 Å². The highest BCUT2D eigenvalue weighted by Crippen LogP contribution is 2.32. The van der Waals surface area contributed by atoms with E-state index in [1.807, 2.05) is 35.8 Å². The molecule has 0 aliphatic rings. The highest BCUT2D eigenvalue weighted by molar-refractivity contribution is 7.07. The maximum Gasteiger partial charge on any atom is 0.416 e. The van der Waals surface area contributed by atoms with Crippen molar-refractivity contribution in [2.45, 2.75) is 12.2 Å². The van der Waals surface area contributed by atoms with Crippen LogP contribution < -0.4 is 5.32 Å². The fourth-order valence-corrected chi connectivity index (χ4v) is 3.83. The molecule has 1 aromatic heterocycles. The van der Waals surface area contributed by atoms with Gasteiger partial charge in [-0.2, -0.15) is 24.5 Å². The minimum atomic E-state index is -4.39. The highest BCUT2D eigenvalue weighted by Gasteiger charge is 2.30. The van der Waals surface area contributed by atoms with Gasteiger partial charge in [-0.3, -0.25) is 4.79 Å². The molecule has 3 rings (SSSR count). The molecule has 0 saturated carbocycles. The number of nitrogens with zero attached hydrogens (tertiary/aromatic N) is 1. The third-order valence-electron chi connectivity index (χ3n) is 4.70. The van der Waals surface area contributed by atoms with Gasteiger partial charge in [-0.1, -0.05) is 30.3 Å². The number of hydrogen-bond acceptors (Lipinski definition) is 3. The number of amides is 1. The summed E-state index contributed by atoms with van der Waals surface area (Å²) in [5, 5.41) is 7.00. The van der Waals surface area contributed by atoms with E-state index < -0.39 is 11.7 Å². The van der Waals surface area contributed by atoms with Crippen molar-refractivity contribution in [3.8, 4) is 11.1 Å². The summed E-state index contributed by atoms with van der Waals surface area (Å²) >= 11 is 1.60. The van der Waals surface area contributed by atoms with E-state index in [2.05, 4.69) is 5.32 Å². The largest absolute Gasteiger partial charge is 0.416 e. The van der Waals surface area contributed by atoms with Crippen molar-refractivity contribution < 1.29 is 18.0 Å². The molecule has 1 atom stereocenters. The van der Waals surface area contributed by atoms with E-state index in [-0.39, 0.29) is 11.9 Å². The zero-order valence-corrected chi connectivity index (χ0v) is 16.8. The second-order valence-electron chi connectivity index (χ2n) is 6.87. The summed E-state index contributed by atoms with van der Waals surface area (Å²) in [6, 6.07) is 13.8. The molecule has 1 N–H and O–H groups in total. The third-order valence-corrected chi connectivity index (χ3v) is 5.40. The van der Waals surface area contributed by atoms with E-state index in [0.717, 1.165) is 17.7 Å². The van der Waals surface area contributed by atoms with Crippen LogP contribution in [0, 0.1) is 0 Å². The molecule has 3 aromatic rings. The second-order valence-corrected chi connectivity index (χ2v) is 7.65. The number of hydrogen-bond donors (Lipinski definition) is 1. The number of alkyl halides is 3. The van der Waals surface area contributed by atoms with E-state index in [9.17, 15) is 18.0 Å². The van der Waals surface area contributed by atoms with Crippen molar-refractivity contribution >= 4 is 17.2 Å². The molecule has 0 radical (unpaired) electrons. The molecule has 0 aliphatic carbocycles. The van der Waals surface area contributed by atoms with Crippen LogP contribution in [0.3, 0.4) is 0 Å². The predicted octanol–water partition coefficient (Wildman–Crippen LogP) is 5.47. The normalized spacial score (nSPS) is 12.8. The van der Waals surface area contributed by atoms with Gasteiger partial charge < -0.3 is 10.2 Å². The van der Waals surface area contributed by atoms with Gasteiger partial charge in [-0.05, 0) is 65.8 Å². The van der Waals surface area contributed by atoms with Gasteiger partial charge in [0.1, 0.15) is 0 Å². The zero-order valence-electron chi connectivity index (χ0n) is 16.0. The number of carbonyl (C=O) groups excluding carboxylic acids is 1. The number of thiophene rings is 1. The summed E-state index contributed by atoms with van der Waals surface area (Å²) in [7, 11) is 3.90. The fraction of sp³-hybridized carbons (Fsp3) is 0.227. The number of nitrogens with one attached hydrogen (secondary N) is 1. The fourth-order valence-electron chi connectivity index (χ4n) is 3.12. The smallest absolute Gasteiger partial charge is 0.350 e. The number of rotatable bonds is 6.